The Labute approximate surface area is 175 Å². The van der Waals surface area contributed by atoms with Gasteiger partial charge in [-0.1, -0.05) is 31.5 Å². The van der Waals surface area contributed by atoms with Crippen molar-refractivity contribution in [3.63, 3.8) is 0 Å². The van der Waals surface area contributed by atoms with Crippen molar-refractivity contribution in [2.75, 3.05) is 18.1 Å². The summed E-state index contributed by atoms with van der Waals surface area (Å²) in [6, 6.07) is 10.6. The Morgan fingerprint density at radius 3 is 2.53 bits per heavy atom. The number of rotatable bonds is 7. The van der Waals surface area contributed by atoms with Crippen molar-refractivity contribution in [3.8, 4) is 0 Å². The summed E-state index contributed by atoms with van der Waals surface area (Å²) in [4.78, 5) is 16.8. The third-order valence-electron chi connectivity index (χ3n) is 4.38. The predicted octanol–water partition coefficient (Wildman–Crippen LogP) is 2.17. The average Bonchev–Trinajstić information content (AvgIpc) is 2.71. The number of pyridine rings is 1. The number of fused-ring (bicyclic) bond motifs is 1. The molecule has 1 aliphatic rings. The third kappa shape index (κ3) is 4.31. The van der Waals surface area contributed by atoms with Crippen LogP contribution in [0.15, 0.2) is 59.3 Å². The van der Waals surface area contributed by atoms with E-state index in [2.05, 4.69) is 10.3 Å². The maximum Gasteiger partial charge on any atom is 0.309 e. The van der Waals surface area contributed by atoms with E-state index in [-0.39, 0.29) is 27.8 Å². The Balaban J connectivity index is 2.16. The van der Waals surface area contributed by atoms with Crippen molar-refractivity contribution in [3.05, 3.63) is 59.9 Å². The first-order valence-electron chi connectivity index (χ1n) is 9.14. The molecule has 1 N–H and O–H groups in total. The van der Waals surface area contributed by atoms with Crippen LogP contribution in [0.5, 0.6) is 0 Å². The smallest absolute Gasteiger partial charge is 0.309 e. The van der Waals surface area contributed by atoms with Crippen LogP contribution >= 0.6 is 0 Å². The van der Waals surface area contributed by atoms with E-state index >= 15 is 0 Å². The second kappa shape index (κ2) is 8.44. The first kappa shape index (κ1) is 21.8. The first-order chi connectivity index (χ1) is 14.2. The summed E-state index contributed by atoms with van der Waals surface area (Å²) in [6.45, 7) is 1.83. The fraction of sp³-hybridized carbons (Fsp3) is 0.263. The molecular weight excluding hydrogens is 430 g/mol. The molecule has 0 bridgehead atoms. The second-order valence-corrected chi connectivity index (χ2v) is 10.1. The van der Waals surface area contributed by atoms with Crippen LogP contribution in [0.3, 0.4) is 0 Å². The fourth-order valence-electron chi connectivity index (χ4n) is 2.85. The minimum absolute atomic E-state index is 0.00171. The van der Waals surface area contributed by atoms with Crippen molar-refractivity contribution in [2.24, 2.45) is 0 Å². The number of likely N-dealkylation sites (N-methyl/N-ethyl adjacent to an activating group) is 1. The van der Waals surface area contributed by atoms with Gasteiger partial charge in [-0.05, 0) is 30.7 Å². The molecule has 1 aromatic carbocycles. The molecule has 11 heteroatoms. The lowest BCUT2D eigenvalue weighted by Crippen LogP contribution is -2.38. The molecule has 2 heterocycles. The predicted molar refractivity (Wildman–Crippen MR) is 111 cm³/mol. The van der Waals surface area contributed by atoms with Gasteiger partial charge in [0.05, 0.1) is 10.6 Å². The van der Waals surface area contributed by atoms with Crippen LogP contribution in [0.25, 0.3) is 5.76 Å². The highest BCUT2D eigenvalue weighted by molar-refractivity contribution is 7.89. The molecule has 0 unspecified atom stereocenters. The van der Waals surface area contributed by atoms with Gasteiger partial charge in [0.25, 0.3) is 15.9 Å². The summed E-state index contributed by atoms with van der Waals surface area (Å²) < 4.78 is 56.9. The summed E-state index contributed by atoms with van der Waals surface area (Å²) in [5.41, 5.74) is -0.443. The number of hydrogen-bond acceptors (Lipinski definition) is 7. The van der Waals surface area contributed by atoms with Gasteiger partial charge in [0.15, 0.2) is 11.5 Å². The zero-order valence-corrected chi connectivity index (χ0v) is 18.0. The van der Waals surface area contributed by atoms with Crippen LogP contribution in [0.2, 0.25) is 0 Å². The molecule has 0 radical (unpaired) electrons. The van der Waals surface area contributed by atoms with Crippen LogP contribution in [0, 0.1) is 0 Å². The third-order valence-corrected chi connectivity index (χ3v) is 7.40. The highest BCUT2D eigenvalue weighted by Gasteiger charge is 2.40. The average molecular weight is 452 g/mol. The van der Waals surface area contributed by atoms with Crippen molar-refractivity contribution in [2.45, 2.75) is 24.7 Å². The molecule has 1 amide bonds. The van der Waals surface area contributed by atoms with Crippen molar-refractivity contribution < 1.29 is 25.8 Å². The number of carbonyl (C=O) groups excluding carboxylic acids is 1. The highest BCUT2D eigenvalue weighted by Crippen LogP contribution is 2.37. The van der Waals surface area contributed by atoms with E-state index in [0.29, 0.717) is 12.8 Å². The summed E-state index contributed by atoms with van der Waals surface area (Å²) in [5, 5.41) is 2.48. The number of carbonyl (C=O) groups is 1. The zero-order chi connectivity index (χ0) is 21.9. The lowest BCUT2D eigenvalue weighted by molar-refractivity contribution is -0.113. The van der Waals surface area contributed by atoms with Crippen molar-refractivity contribution in [1.29, 1.82) is 0 Å². The molecule has 0 fully saturated rings. The van der Waals surface area contributed by atoms with Crippen LogP contribution in [-0.2, 0) is 29.1 Å². The SMILES string of the molecule is CCCCS(=O)(=O)OC1=C(C(=O)Nc2ccccn2)N(C)S(=O)(=O)c2ccccc21. The number of sulfonamides is 1. The Bertz CT molecular complexity index is 1190. The molecule has 1 aliphatic heterocycles. The van der Waals surface area contributed by atoms with E-state index in [0.717, 1.165) is 4.31 Å². The molecule has 0 atom stereocenters. The summed E-state index contributed by atoms with van der Waals surface area (Å²) in [5.74, 6) is -1.30. The van der Waals surface area contributed by atoms with Gasteiger partial charge in [-0.25, -0.2) is 13.4 Å². The molecule has 0 spiro atoms. The molecule has 1 aromatic heterocycles. The van der Waals surface area contributed by atoms with E-state index in [9.17, 15) is 21.6 Å². The normalized spacial score (nSPS) is 15.5. The molecular formula is C19H21N3O6S2. The first-order valence-corrected chi connectivity index (χ1v) is 12.2. The zero-order valence-electron chi connectivity index (χ0n) is 16.4. The number of anilines is 1. The van der Waals surface area contributed by atoms with E-state index in [1.807, 2.05) is 6.92 Å². The number of amides is 1. The summed E-state index contributed by atoms with van der Waals surface area (Å²) in [6.07, 6.45) is 2.44. The van der Waals surface area contributed by atoms with E-state index in [1.54, 1.807) is 12.1 Å². The van der Waals surface area contributed by atoms with Crippen LogP contribution in [0.4, 0.5) is 5.82 Å². The Morgan fingerprint density at radius 2 is 1.87 bits per heavy atom. The van der Waals surface area contributed by atoms with Gasteiger partial charge in [-0.3, -0.25) is 9.10 Å². The summed E-state index contributed by atoms with van der Waals surface area (Å²) in [7, 11) is -6.99. The van der Waals surface area contributed by atoms with Gasteiger partial charge in [0.2, 0.25) is 0 Å². The fourth-order valence-corrected chi connectivity index (χ4v) is 5.39. The molecule has 160 valence electrons. The van der Waals surface area contributed by atoms with Crippen LogP contribution < -0.4 is 5.32 Å². The molecule has 9 nitrogen and oxygen atoms in total. The lowest BCUT2D eigenvalue weighted by Gasteiger charge is -2.30. The second-order valence-electron chi connectivity index (χ2n) is 6.51. The van der Waals surface area contributed by atoms with Crippen LogP contribution in [0.1, 0.15) is 25.3 Å². The number of benzene rings is 1. The van der Waals surface area contributed by atoms with Gasteiger partial charge >= 0.3 is 10.1 Å². The van der Waals surface area contributed by atoms with Crippen molar-refractivity contribution in [1.82, 2.24) is 9.29 Å². The number of aromatic nitrogens is 1. The number of nitrogens with one attached hydrogen (secondary N) is 1. The van der Waals surface area contributed by atoms with Gasteiger partial charge in [0.1, 0.15) is 5.82 Å². The van der Waals surface area contributed by atoms with E-state index in [1.165, 1.54) is 43.6 Å². The Morgan fingerprint density at radius 1 is 1.17 bits per heavy atom. The quantitative estimate of drug-likeness (QED) is 0.640. The van der Waals surface area contributed by atoms with E-state index < -0.39 is 31.7 Å². The molecule has 0 saturated heterocycles. The topological polar surface area (TPSA) is 123 Å². The number of hydrogen-bond donors (Lipinski definition) is 1. The molecule has 0 saturated carbocycles. The number of unbranched alkanes of at least 4 members (excludes halogenated alkanes) is 1. The van der Waals surface area contributed by atoms with Gasteiger partial charge < -0.3 is 9.50 Å². The monoisotopic (exact) mass is 451 g/mol. The number of nitrogens with zero attached hydrogens (tertiary/aromatic N) is 2. The lowest BCUT2D eigenvalue weighted by atomic mass is 10.1. The minimum Gasteiger partial charge on any atom is -0.379 e. The molecule has 2 aromatic rings. The maximum absolute atomic E-state index is 13.0. The molecule has 30 heavy (non-hydrogen) atoms. The summed E-state index contributed by atoms with van der Waals surface area (Å²) >= 11 is 0. The van der Waals surface area contributed by atoms with Gasteiger partial charge in [0, 0.05) is 18.8 Å². The van der Waals surface area contributed by atoms with Crippen LogP contribution in [-0.4, -0.2) is 44.8 Å². The standard InChI is InChI=1S/C19H21N3O6S2/c1-3-4-13-29(24,25)28-18-14-9-5-6-10-15(14)30(26,27)22(2)17(18)19(23)21-16-11-7-8-12-20-16/h5-12H,3-4,13H2,1-2H3,(H,20,21,23). The minimum atomic E-state index is -4.09. The molecule has 3 rings (SSSR count). The largest absolute Gasteiger partial charge is 0.379 e. The van der Waals surface area contributed by atoms with E-state index in [4.69, 9.17) is 4.18 Å². The van der Waals surface area contributed by atoms with Gasteiger partial charge in [-0.2, -0.15) is 8.42 Å². The molecule has 0 aliphatic carbocycles. The highest BCUT2D eigenvalue weighted by atomic mass is 32.2. The Kier molecular flexibility index (Phi) is 6.13. The maximum atomic E-state index is 13.0. The van der Waals surface area contributed by atoms with Crippen molar-refractivity contribution >= 4 is 37.6 Å². The van der Waals surface area contributed by atoms with Gasteiger partial charge in [-0.15, -0.1) is 0 Å². The Hall–Kier alpha value is -2.92.